The van der Waals surface area contributed by atoms with E-state index in [2.05, 4.69) is 16.5 Å². The average Bonchev–Trinajstić information content (AvgIpc) is 3.26. The van der Waals surface area contributed by atoms with E-state index >= 15 is 0 Å². The average molecular weight is 413 g/mol. The van der Waals surface area contributed by atoms with E-state index < -0.39 is 0 Å². The first-order valence-electron chi connectivity index (χ1n) is 10.4. The highest BCUT2D eigenvalue weighted by Gasteiger charge is 2.34. The van der Waals surface area contributed by atoms with Gasteiger partial charge in [-0.1, -0.05) is 18.2 Å². The van der Waals surface area contributed by atoms with E-state index in [0.717, 1.165) is 35.6 Å². The number of nitrogens with zero attached hydrogens (tertiary/aromatic N) is 2. The zero-order valence-electron chi connectivity index (χ0n) is 17.2. The molecule has 2 aliphatic rings. The van der Waals surface area contributed by atoms with E-state index in [0.29, 0.717) is 18.0 Å². The van der Waals surface area contributed by atoms with Gasteiger partial charge >= 0.3 is 6.03 Å². The molecule has 0 fully saturated rings. The third kappa shape index (κ3) is 3.97. The molecule has 2 amide bonds. The van der Waals surface area contributed by atoms with Crippen LogP contribution >= 0.6 is 0 Å². The Kier molecular flexibility index (Phi) is 5.04. The number of anilines is 1. The monoisotopic (exact) mass is 413 g/mol. The predicted octanol–water partition coefficient (Wildman–Crippen LogP) is 5.30. The molecule has 3 aromatic rings. The molecule has 6 nitrogen and oxygen atoms in total. The molecular weight excluding hydrogens is 390 g/mol. The van der Waals surface area contributed by atoms with Gasteiger partial charge in [-0.3, -0.25) is 0 Å². The zero-order valence-corrected chi connectivity index (χ0v) is 17.2. The maximum Gasteiger partial charge on any atom is 0.342 e. The second kappa shape index (κ2) is 8.14. The predicted molar refractivity (Wildman–Crippen MR) is 120 cm³/mol. The first-order chi connectivity index (χ1) is 15.2. The first kappa shape index (κ1) is 19.2. The van der Waals surface area contributed by atoms with E-state index in [1.54, 1.807) is 7.11 Å². The first-order valence-corrected chi connectivity index (χ1v) is 10.4. The third-order valence-corrected chi connectivity index (χ3v) is 5.68. The molecule has 0 bridgehead atoms. The van der Waals surface area contributed by atoms with Gasteiger partial charge in [-0.25, -0.2) is 9.80 Å². The van der Waals surface area contributed by atoms with Crippen LogP contribution in [0.4, 0.5) is 10.5 Å². The fourth-order valence-corrected chi connectivity index (χ4v) is 4.08. The number of amides is 2. The highest BCUT2D eigenvalue weighted by Crippen LogP contribution is 2.33. The standard InChI is InChI=1S/C25H23N3O3/c1-30-22-13-14-23-17(15-22)7-8-18-16-28(27-24(18)23)25(29)26-19-9-11-21(12-10-19)31-20-5-3-2-4-6-20/h2-6,9-15,18H,7-8,16H2,1H3,(H,26,29). The Hall–Kier alpha value is -3.80. The van der Waals surface area contributed by atoms with Crippen LogP contribution in [-0.4, -0.2) is 30.4 Å². The molecule has 0 radical (unpaired) electrons. The van der Waals surface area contributed by atoms with Crippen LogP contribution in [0.15, 0.2) is 77.9 Å². The minimum absolute atomic E-state index is 0.228. The van der Waals surface area contributed by atoms with Crippen molar-refractivity contribution in [2.45, 2.75) is 12.8 Å². The Balaban J connectivity index is 1.26. The minimum atomic E-state index is -0.228. The quantitative estimate of drug-likeness (QED) is 0.631. The lowest BCUT2D eigenvalue weighted by Gasteiger charge is -2.22. The Bertz CT molecular complexity index is 1130. The van der Waals surface area contributed by atoms with E-state index in [4.69, 9.17) is 9.47 Å². The number of nitrogens with one attached hydrogen (secondary N) is 1. The molecular formula is C25H23N3O3. The molecule has 3 aromatic carbocycles. The Labute approximate surface area is 181 Å². The molecule has 31 heavy (non-hydrogen) atoms. The molecule has 1 atom stereocenters. The third-order valence-electron chi connectivity index (χ3n) is 5.68. The lowest BCUT2D eigenvalue weighted by molar-refractivity contribution is 0.215. The molecule has 0 saturated heterocycles. The van der Waals surface area contributed by atoms with Crippen molar-refractivity contribution in [3.8, 4) is 17.2 Å². The van der Waals surface area contributed by atoms with Crippen LogP contribution in [0.25, 0.3) is 0 Å². The van der Waals surface area contributed by atoms with Crippen LogP contribution in [0.3, 0.4) is 0 Å². The molecule has 0 aromatic heterocycles. The van der Waals surface area contributed by atoms with Crippen LogP contribution in [0, 0.1) is 5.92 Å². The summed E-state index contributed by atoms with van der Waals surface area (Å²) in [6.07, 6.45) is 1.95. The number of rotatable bonds is 4. The molecule has 5 rings (SSSR count). The maximum atomic E-state index is 12.8. The second-order valence-electron chi connectivity index (χ2n) is 7.70. The largest absolute Gasteiger partial charge is 0.497 e. The Morgan fingerprint density at radius 2 is 1.74 bits per heavy atom. The van der Waals surface area contributed by atoms with Crippen LogP contribution < -0.4 is 14.8 Å². The highest BCUT2D eigenvalue weighted by molar-refractivity contribution is 6.07. The SMILES string of the molecule is COc1ccc2c(c1)CCC1CN(C(=O)Nc3ccc(Oc4ccccc4)cc3)N=C21. The van der Waals surface area contributed by atoms with Gasteiger partial charge < -0.3 is 14.8 Å². The number of ether oxygens (including phenoxy) is 2. The number of aryl methyl sites for hydroxylation is 1. The van der Waals surface area contributed by atoms with Gasteiger partial charge in [-0.05, 0) is 73.0 Å². The molecule has 0 spiro atoms. The summed E-state index contributed by atoms with van der Waals surface area (Å²) in [7, 11) is 1.67. The van der Waals surface area contributed by atoms with Crippen molar-refractivity contribution in [1.82, 2.24) is 5.01 Å². The van der Waals surface area contributed by atoms with Gasteiger partial charge in [-0.2, -0.15) is 5.10 Å². The van der Waals surface area contributed by atoms with Crippen molar-refractivity contribution in [3.63, 3.8) is 0 Å². The van der Waals surface area contributed by atoms with Crippen molar-refractivity contribution in [2.24, 2.45) is 11.0 Å². The number of methoxy groups -OCH3 is 1. The molecule has 1 aliphatic heterocycles. The number of fused-ring (bicyclic) bond motifs is 3. The molecule has 1 N–H and O–H groups in total. The summed E-state index contributed by atoms with van der Waals surface area (Å²) in [4.78, 5) is 12.8. The molecule has 0 saturated carbocycles. The van der Waals surface area contributed by atoms with Gasteiger partial charge in [0.05, 0.1) is 19.4 Å². The highest BCUT2D eigenvalue weighted by atomic mass is 16.5. The number of carbonyl (C=O) groups is 1. The summed E-state index contributed by atoms with van der Waals surface area (Å²) < 4.78 is 11.1. The summed E-state index contributed by atoms with van der Waals surface area (Å²) in [6, 6.07) is 22.7. The summed E-state index contributed by atoms with van der Waals surface area (Å²) in [5.41, 5.74) is 4.04. The lowest BCUT2D eigenvalue weighted by atomic mass is 9.82. The normalized spacial score (nSPS) is 16.7. The summed E-state index contributed by atoms with van der Waals surface area (Å²) in [5.74, 6) is 2.61. The minimum Gasteiger partial charge on any atom is -0.497 e. The van der Waals surface area contributed by atoms with Gasteiger partial charge in [-0.15, -0.1) is 0 Å². The van der Waals surface area contributed by atoms with Crippen molar-refractivity contribution in [2.75, 3.05) is 19.0 Å². The molecule has 6 heteroatoms. The fourth-order valence-electron chi connectivity index (χ4n) is 4.08. The van der Waals surface area contributed by atoms with Crippen molar-refractivity contribution in [1.29, 1.82) is 0 Å². The van der Waals surface area contributed by atoms with E-state index in [9.17, 15) is 4.79 Å². The van der Waals surface area contributed by atoms with Crippen molar-refractivity contribution >= 4 is 17.4 Å². The van der Waals surface area contributed by atoms with Crippen LogP contribution in [0.1, 0.15) is 17.5 Å². The summed E-state index contributed by atoms with van der Waals surface area (Å²) >= 11 is 0. The summed E-state index contributed by atoms with van der Waals surface area (Å²) in [6.45, 7) is 0.599. The second-order valence-corrected chi connectivity index (χ2v) is 7.70. The smallest absolute Gasteiger partial charge is 0.342 e. The number of carbonyl (C=O) groups excluding carboxylic acids is 1. The molecule has 1 aliphatic carbocycles. The molecule has 1 unspecified atom stereocenters. The number of hydrogen-bond donors (Lipinski definition) is 1. The van der Waals surface area contributed by atoms with Crippen molar-refractivity contribution in [3.05, 3.63) is 83.9 Å². The Morgan fingerprint density at radius 3 is 2.52 bits per heavy atom. The number of hydrazone groups is 1. The van der Waals surface area contributed by atoms with Gasteiger partial charge in [0.25, 0.3) is 0 Å². The van der Waals surface area contributed by atoms with E-state index in [1.807, 2.05) is 66.7 Å². The van der Waals surface area contributed by atoms with E-state index in [1.165, 1.54) is 10.6 Å². The van der Waals surface area contributed by atoms with Gasteiger partial charge in [0.1, 0.15) is 17.2 Å². The number of hydrogen-bond acceptors (Lipinski definition) is 4. The fraction of sp³-hybridized carbons (Fsp3) is 0.200. The Morgan fingerprint density at radius 1 is 1.00 bits per heavy atom. The van der Waals surface area contributed by atoms with Crippen LogP contribution in [0.2, 0.25) is 0 Å². The molecule has 1 heterocycles. The van der Waals surface area contributed by atoms with Gasteiger partial charge in [0, 0.05) is 17.2 Å². The van der Waals surface area contributed by atoms with Gasteiger partial charge in [0.15, 0.2) is 0 Å². The maximum absolute atomic E-state index is 12.8. The molecule has 156 valence electrons. The number of urea groups is 1. The topological polar surface area (TPSA) is 63.2 Å². The van der Waals surface area contributed by atoms with Crippen LogP contribution in [-0.2, 0) is 6.42 Å². The summed E-state index contributed by atoms with van der Waals surface area (Å²) in [5, 5.41) is 9.12. The number of para-hydroxylation sites is 1. The van der Waals surface area contributed by atoms with E-state index in [-0.39, 0.29) is 11.9 Å². The van der Waals surface area contributed by atoms with Gasteiger partial charge in [0.2, 0.25) is 0 Å². The number of benzene rings is 3. The zero-order chi connectivity index (χ0) is 21.2. The van der Waals surface area contributed by atoms with Crippen molar-refractivity contribution < 1.29 is 14.3 Å². The van der Waals surface area contributed by atoms with Crippen LogP contribution in [0.5, 0.6) is 17.2 Å². The lowest BCUT2D eigenvalue weighted by Crippen LogP contribution is -2.31.